The summed E-state index contributed by atoms with van der Waals surface area (Å²) >= 11 is 2.72. The maximum Gasteiger partial charge on any atom is 0.316 e. The van der Waals surface area contributed by atoms with Crippen LogP contribution in [0.3, 0.4) is 0 Å². The first-order valence-electron chi connectivity index (χ1n) is 3.89. The summed E-state index contributed by atoms with van der Waals surface area (Å²) in [6, 6.07) is 1.79. The molecule has 0 amide bonds. The van der Waals surface area contributed by atoms with Crippen LogP contribution in [0.25, 0.3) is 0 Å². The van der Waals surface area contributed by atoms with Crippen molar-refractivity contribution in [2.75, 3.05) is 6.26 Å². The van der Waals surface area contributed by atoms with E-state index in [-0.39, 0.29) is 0 Å². The second-order valence-corrected chi connectivity index (χ2v) is 4.68. The molecular weight excluding hydrogens is 220 g/mol. The fourth-order valence-corrected chi connectivity index (χ4v) is 1.94. The van der Waals surface area contributed by atoms with Crippen molar-refractivity contribution in [3.05, 3.63) is 12.4 Å². The number of aromatic nitrogens is 2. The highest BCUT2D eigenvalue weighted by Gasteiger charge is 2.13. The molecule has 14 heavy (non-hydrogen) atoms. The Morgan fingerprint density at radius 1 is 1.50 bits per heavy atom. The number of rotatable bonds is 4. The highest BCUT2D eigenvalue weighted by atomic mass is 32.2. The van der Waals surface area contributed by atoms with Gasteiger partial charge in [-0.15, -0.1) is 11.8 Å². The van der Waals surface area contributed by atoms with Gasteiger partial charge >= 0.3 is 5.97 Å². The van der Waals surface area contributed by atoms with E-state index in [1.807, 2.05) is 6.26 Å². The molecule has 0 spiro atoms. The van der Waals surface area contributed by atoms with Crippen molar-refractivity contribution >= 4 is 29.5 Å². The Morgan fingerprint density at radius 3 is 2.71 bits per heavy atom. The molecule has 1 N–H and O–H groups in total. The maximum atomic E-state index is 10.6. The van der Waals surface area contributed by atoms with Gasteiger partial charge in [0, 0.05) is 6.07 Å². The van der Waals surface area contributed by atoms with E-state index in [9.17, 15) is 4.79 Å². The van der Waals surface area contributed by atoms with Crippen LogP contribution in [0.15, 0.2) is 22.4 Å². The van der Waals surface area contributed by atoms with E-state index in [4.69, 9.17) is 5.11 Å². The minimum atomic E-state index is -0.834. The number of aliphatic carboxylic acids is 1. The lowest BCUT2D eigenvalue weighted by Gasteiger charge is -2.04. The number of nitrogens with zero attached hydrogens (tertiary/aromatic N) is 2. The van der Waals surface area contributed by atoms with Crippen LogP contribution in [0, 0.1) is 0 Å². The number of carboxylic acids is 1. The summed E-state index contributed by atoms with van der Waals surface area (Å²) in [7, 11) is 0. The van der Waals surface area contributed by atoms with Gasteiger partial charge in [0.25, 0.3) is 0 Å². The highest BCUT2D eigenvalue weighted by Crippen LogP contribution is 2.23. The van der Waals surface area contributed by atoms with Gasteiger partial charge in [0.05, 0.1) is 0 Å². The molecule has 1 unspecified atom stereocenters. The normalized spacial score (nSPS) is 12.4. The van der Waals surface area contributed by atoms with Crippen molar-refractivity contribution in [2.24, 2.45) is 0 Å². The van der Waals surface area contributed by atoms with Crippen LogP contribution < -0.4 is 0 Å². The third-order valence-corrected chi connectivity index (χ3v) is 3.13. The van der Waals surface area contributed by atoms with Crippen LogP contribution in [-0.2, 0) is 4.79 Å². The summed E-state index contributed by atoms with van der Waals surface area (Å²) in [6.45, 7) is 1.63. The largest absolute Gasteiger partial charge is 0.480 e. The van der Waals surface area contributed by atoms with Crippen LogP contribution >= 0.6 is 23.5 Å². The lowest BCUT2D eigenvalue weighted by atomic mass is 10.5. The summed E-state index contributed by atoms with van der Waals surface area (Å²) in [4.78, 5) is 18.6. The Kier molecular flexibility index (Phi) is 4.21. The lowest BCUT2D eigenvalue weighted by Crippen LogP contribution is -2.11. The molecule has 0 radical (unpaired) electrons. The third kappa shape index (κ3) is 3.19. The van der Waals surface area contributed by atoms with Crippen molar-refractivity contribution in [3.63, 3.8) is 0 Å². The summed E-state index contributed by atoms with van der Waals surface area (Å²) in [5.41, 5.74) is 0. The molecule has 0 saturated heterocycles. The van der Waals surface area contributed by atoms with Crippen molar-refractivity contribution in [2.45, 2.75) is 22.2 Å². The van der Waals surface area contributed by atoms with Crippen LogP contribution in [-0.4, -0.2) is 32.5 Å². The zero-order chi connectivity index (χ0) is 10.6. The zero-order valence-corrected chi connectivity index (χ0v) is 9.43. The minimum absolute atomic E-state index is 0.486. The second-order valence-electron chi connectivity index (χ2n) is 2.50. The van der Waals surface area contributed by atoms with Crippen LogP contribution in [0.2, 0.25) is 0 Å². The molecular formula is C8H10N2O2S2. The third-order valence-electron chi connectivity index (χ3n) is 1.47. The predicted octanol–water partition coefficient (Wildman–Crippen LogP) is 1.76. The first-order valence-corrected chi connectivity index (χ1v) is 5.99. The molecule has 0 bridgehead atoms. The lowest BCUT2D eigenvalue weighted by molar-refractivity contribution is -0.136. The molecule has 1 atom stereocenters. The molecule has 1 aromatic rings. The standard InChI is InChI=1S/C8H10N2O2S2/c1-5(8(11)12)14-7-3-6(13-2)9-4-10-7/h3-5H,1-2H3,(H,11,12). The van der Waals surface area contributed by atoms with E-state index < -0.39 is 11.2 Å². The van der Waals surface area contributed by atoms with Gasteiger partial charge in [-0.3, -0.25) is 4.79 Å². The van der Waals surface area contributed by atoms with E-state index in [0.717, 1.165) is 5.03 Å². The quantitative estimate of drug-likeness (QED) is 0.628. The Balaban J connectivity index is 2.71. The van der Waals surface area contributed by atoms with Gasteiger partial charge in [-0.05, 0) is 13.2 Å². The average Bonchev–Trinajstić information content (AvgIpc) is 2.18. The van der Waals surface area contributed by atoms with E-state index in [0.29, 0.717) is 5.03 Å². The fraction of sp³-hybridized carbons (Fsp3) is 0.375. The molecule has 0 aromatic carbocycles. The minimum Gasteiger partial charge on any atom is -0.480 e. The van der Waals surface area contributed by atoms with Crippen molar-refractivity contribution in [3.8, 4) is 0 Å². The topological polar surface area (TPSA) is 63.1 Å². The molecule has 0 aliphatic rings. The molecule has 1 heterocycles. The van der Waals surface area contributed by atoms with Gasteiger partial charge in [-0.2, -0.15) is 0 Å². The van der Waals surface area contributed by atoms with E-state index in [1.165, 1.54) is 29.9 Å². The average molecular weight is 230 g/mol. The SMILES string of the molecule is CSc1cc(SC(C)C(=O)O)ncn1. The zero-order valence-electron chi connectivity index (χ0n) is 7.80. The molecule has 1 aromatic heterocycles. The van der Waals surface area contributed by atoms with E-state index >= 15 is 0 Å². The first kappa shape index (κ1) is 11.3. The number of hydrogen-bond donors (Lipinski definition) is 1. The number of carbonyl (C=O) groups is 1. The molecule has 76 valence electrons. The Labute approximate surface area is 90.5 Å². The smallest absolute Gasteiger partial charge is 0.316 e. The van der Waals surface area contributed by atoms with Gasteiger partial charge < -0.3 is 5.11 Å². The molecule has 0 aliphatic heterocycles. The molecule has 0 saturated carbocycles. The van der Waals surface area contributed by atoms with Crippen molar-refractivity contribution in [1.29, 1.82) is 0 Å². The van der Waals surface area contributed by atoms with Crippen LogP contribution in [0.4, 0.5) is 0 Å². The second kappa shape index (κ2) is 5.21. The van der Waals surface area contributed by atoms with E-state index in [2.05, 4.69) is 9.97 Å². The summed E-state index contributed by atoms with van der Waals surface area (Å²) < 4.78 is 0. The Hall–Kier alpha value is -0.750. The monoisotopic (exact) mass is 230 g/mol. The highest BCUT2D eigenvalue weighted by molar-refractivity contribution is 8.00. The first-order chi connectivity index (χ1) is 6.63. The van der Waals surface area contributed by atoms with Gasteiger partial charge in [-0.25, -0.2) is 9.97 Å². The molecule has 1 rings (SSSR count). The number of thioether (sulfide) groups is 2. The van der Waals surface area contributed by atoms with Gasteiger partial charge in [0.2, 0.25) is 0 Å². The summed E-state index contributed by atoms with van der Waals surface area (Å²) in [6.07, 6.45) is 3.36. The van der Waals surface area contributed by atoms with Crippen molar-refractivity contribution in [1.82, 2.24) is 9.97 Å². The van der Waals surface area contributed by atoms with Crippen molar-refractivity contribution < 1.29 is 9.90 Å². The molecule has 4 nitrogen and oxygen atoms in total. The van der Waals surface area contributed by atoms with Gasteiger partial charge in [0.15, 0.2) is 0 Å². The van der Waals surface area contributed by atoms with Crippen LogP contribution in [0.5, 0.6) is 0 Å². The number of hydrogen-bond acceptors (Lipinski definition) is 5. The van der Waals surface area contributed by atoms with E-state index in [1.54, 1.807) is 13.0 Å². The Morgan fingerprint density at radius 2 is 2.14 bits per heavy atom. The van der Waals surface area contributed by atoms with Gasteiger partial charge in [0.1, 0.15) is 21.6 Å². The summed E-state index contributed by atoms with van der Waals surface area (Å²) in [5, 5.41) is 9.75. The maximum absolute atomic E-state index is 10.6. The van der Waals surface area contributed by atoms with Crippen LogP contribution in [0.1, 0.15) is 6.92 Å². The number of carboxylic acid groups (broad SMARTS) is 1. The molecule has 0 aliphatic carbocycles. The Bertz CT molecular complexity index is 333. The fourth-order valence-electron chi connectivity index (χ4n) is 0.730. The predicted molar refractivity (Wildman–Crippen MR) is 56.8 cm³/mol. The molecule has 6 heteroatoms. The summed E-state index contributed by atoms with van der Waals surface area (Å²) in [5.74, 6) is -0.834. The molecule has 0 fully saturated rings. The van der Waals surface area contributed by atoms with Gasteiger partial charge in [-0.1, -0.05) is 11.8 Å².